The van der Waals surface area contributed by atoms with Gasteiger partial charge in [-0.25, -0.2) is 0 Å². The van der Waals surface area contributed by atoms with Crippen LogP contribution in [0.3, 0.4) is 0 Å². The first-order chi connectivity index (χ1) is 12.1. The van der Waals surface area contributed by atoms with Gasteiger partial charge >= 0.3 is 0 Å². The summed E-state index contributed by atoms with van der Waals surface area (Å²) in [6.07, 6.45) is 1.62. The van der Waals surface area contributed by atoms with Gasteiger partial charge in [-0.3, -0.25) is 9.59 Å². The summed E-state index contributed by atoms with van der Waals surface area (Å²) in [5.74, 6) is 0.479. The lowest BCUT2D eigenvalue weighted by atomic mass is 9.90. The molecule has 0 bridgehead atoms. The molecule has 1 heterocycles. The van der Waals surface area contributed by atoms with E-state index in [0.29, 0.717) is 29.4 Å². The zero-order chi connectivity index (χ0) is 17.6. The van der Waals surface area contributed by atoms with E-state index in [1.165, 1.54) is 0 Å². The highest BCUT2D eigenvalue weighted by atomic mass is 35.5. The maximum absolute atomic E-state index is 12.6. The summed E-state index contributed by atoms with van der Waals surface area (Å²) in [4.78, 5) is 26.8. The van der Waals surface area contributed by atoms with Gasteiger partial charge in [-0.1, -0.05) is 29.8 Å². The number of amides is 1. The first-order valence-corrected chi connectivity index (χ1v) is 8.76. The van der Waals surface area contributed by atoms with Crippen LogP contribution in [0.2, 0.25) is 5.02 Å². The van der Waals surface area contributed by atoms with Gasteiger partial charge in [-0.2, -0.15) is 0 Å². The van der Waals surface area contributed by atoms with Crippen LogP contribution in [0.15, 0.2) is 54.6 Å². The molecule has 2 aromatic rings. The number of hydrogen-bond acceptors (Lipinski definition) is 3. The Morgan fingerprint density at radius 3 is 2.52 bits per heavy atom. The second-order valence-electron chi connectivity index (χ2n) is 6.15. The van der Waals surface area contributed by atoms with Gasteiger partial charge in [0.05, 0.1) is 0 Å². The average Bonchev–Trinajstić information content (AvgIpc) is 2.67. The van der Waals surface area contributed by atoms with Crippen molar-refractivity contribution in [2.45, 2.75) is 12.8 Å². The van der Waals surface area contributed by atoms with Crippen molar-refractivity contribution in [3.8, 4) is 5.75 Å². The van der Waals surface area contributed by atoms with Crippen LogP contribution in [0.1, 0.15) is 23.2 Å². The van der Waals surface area contributed by atoms with Crippen molar-refractivity contribution in [2.75, 3.05) is 19.7 Å². The quantitative estimate of drug-likeness (QED) is 0.764. The molecule has 1 fully saturated rings. The summed E-state index contributed by atoms with van der Waals surface area (Å²) in [5, 5.41) is 0.607. The van der Waals surface area contributed by atoms with E-state index < -0.39 is 0 Å². The zero-order valence-corrected chi connectivity index (χ0v) is 14.6. The van der Waals surface area contributed by atoms with Crippen molar-refractivity contribution in [3.63, 3.8) is 0 Å². The lowest BCUT2D eigenvalue weighted by Crippen LogP contribution is -2.44. The minimum Gasteiger partial charge on any atom is -0.484 e. The predicted molar refractivity (Wildman–Crippen MR) is 97.0 cm³/mol. The predicted octanol–water partition coefficient (Wildman–Crippen LogP) is 3.84. The van der Waals surface area contributed by atoms with Gasteiger partial charge in [0.15, 0.2) is 12.4 Å². The van der Waals surface area contributed by atoms with E-state index in [1.54, 1.807) is 29.2 Å². The monoisotopic (exact) mass is 357 g/mol. The second-order valence-corrected chi connectivity index (χ2v) is 6.59. The molecule has 4 nitrogen and oxygen atoms in total. The molecule has 0 aromatic heterocycles. The van der Waals surface area contributed by atoms with Crippen LogP contribution in [0.5, 0.6) is 5.75 Å². The van der Waals surface area contributed by atoms with Crippen molar-refractivity contribution >= 4 is 23.3 Å². The number of piperidine rings is 1. The molecular weight excluding hydrogens is 338 g/mol. The van der Waals surface area contributed by atoms with E-state index in [9.17, 15) is 9.59 Å². The average molecular weight is 358 g/mol. The van der Waals surface area contributed by atoms with Crippen LogP contribution >= 0.6 is 11.6 Å². The minimum absolute atomic E-state index is 0.00807. The van der Waals surface area contributed by atoms with Gasteiger partial charge in [-0.05, 0) is 49.2 Å². The molecule has 0 radical (unpaired) electrons. The number of para-hydroxylation sites is 1. The molecule has 2 aromatic carbocycles. The smallest absolute Gasteiger partial charge is 0.260 e. The van der Waals surface area contributed by atoms with Gasteiger partial charge in [0.2, 0.25) is 0 Å². The van der Waals surface area contributed by atoms with Crippen LogP contribution < -0.4 is 4.74 Å². The molecule has 1 aliphatic rings. The van der Waals surface area contributed by atoms with Crippen LogP contribution in [-0.4, -0.2) is 36.3 Å². The van der Waals surface area contributed by atoms with Crippen molar-refractivity contribution in [3.05, 3.63) is 65.2 Å². The highest BCUT2D eigenvalue weighted by Gasteiger charge is 2.29. The molecule has 0 spiro atoms. The summed E-state index contributed by atoms with van der Waals surface area (Å²) >= 11 is 5.87. The standard InChI is InChI=1S/C20H20ClNO3/c21-17-10-8-15(9-11-17)20(24)16-5-4-12-22(13-16)19(23)14-25-18-6-2-1-3-7-18/h1-3,6-11,16H,4-5,12-14H2. The van der Waals surface area contributed by atoms with Crippen LogP contribution in [-0.2, 0) is 4.79 Å². The van der Waals surface area contributed by atoms with E-state index in [0.717, 1.165) is 12.8 Å². The number of rotatable bonds is 5. The Kier molecular flexibility index (Phi) is 5.71. The molecule has 25 heavy (non-hydrogen) atoms. The second kappa shape index (κ2) is 8.17. The number of ketones is 1. The Balaban J connectivity index is 1.57. The molecule has 1 amide bonds. The number of nitrogens with zero attached hydrogens (tertiary/aromatic N) is 1. The number of halogens is 1. The first-order valence-electron chi connectivity index (χ1n) is 8.39. The summed E-state index contributed by atoms with van der Waals surface area (Å²) < 4.78 is 5.52. The molecular formula is C20H20ClNO3. The molecule has 0 saturated carbocycles. The first kappa shape index (κ1) is 17.5. The molecule has 0 N–H and O–H groups in total. The van der Waals surface area contributed by atoms with E-state index in [-0.39, 0.29) is 24.2 Å². The largest absolute Gasteiger partial charge is 0.484 e. The number of benzene rings is 2. The van der Waals surface area contributed by atoms with Gasteiger partial charge in [0.25, 0.3) is 5.91 Å². The van der Waals surface area contributed by atoms with Gasteiger partial charge in [0, 0.05) is 29.6 Å². The number of carbonyl (C=O) groups excluding carboxylic acids is 2. The van der Waals surface area contributed by atoms with Gasteiger partial charge < -0.3 is 9.64 Å². The third-order valence-corrected chi connectivity index (χ3v) is 4.63. The SMILES string of the molecule is O=C(c1ccc(Cl)cc1)C1CCCN(C(=O)COc2ccccc2)C1. The van der Waals surface area contributed by atoms with Crippen molar-refractivity contribution in [2.24, 2.45) is 5.92 Å². The lowest BCUT2D eigenvalue weighted by Gasteiger charge is -2.32. The van der Waals surface area contributed by atoms with Crippen LogP contribution in [0.25, 0.3) is 0 Å². The molecule has 5 heteroatoms. The molecule has 3 rings (SSSR count). The molecule has 1 saturated heterocycles. The molecule has 1 unspecified atom stereocenters. The summed E-state index contributed by atoms with van der Waals surface area (Å²) in [6, 6.07) is 16.2. The summed E-state index contributed by atoms with van der Waals surface area (Å²) in [6.45, 7) is 1.10. The number of carbonyl (C=O) groups is 2. The van der Waals surface area contributed by atoms with E-state index >= 15 is 0 Å². The minimum atomic E-state index is -0.171. The maximum Gasteiger partial charge on any atom is 0.260 e. The van der Waals surface area contributed by atoms with E-state index in [4.69, 9.17) is 16.3 Å². The Morgan fingerprint density at radius 1 is 1.08 bits per heavy atom. The van der Waals surface area contributed by atoms with Crippen LogP contribution in [0.4, 0.5) is 0 Å². The Hall–Kier alpha value is -2.33. The Morgan fingerprint density at radius 2 is 1.80 bits per heavy atom. The third-order valence-electron chi connectivity index (χ3n) is 4.38. The zero-order valence-electron chi connectivity index (χ0n) is 13.9. The van der Waals surface area contributed by atoms with Crippen molar-refractivity contribution in [1.82, 2.24) is 4.90 Å². The number of Topliss-reactive ketones (excluding diaryl/α,β-unsaturated/α-hetero) is 1. The number of hydrogen-bond donors (Lipinski definition) is 0. The maximum atomic E-state index is 12.6. The topological polar surface area (TPSA) is 46.6 Å². The molecule has 1 atom stereocenters. The van der Waals surface area contributed by atoms with Crippen molar-refractivity contribution < 1.29 is 14.3 Å². The van der Waals surface area contributed by atoms with Gasteiger partial charge in [0.1, 0.15) is 5.75 Å². The summed E-state index contributed by atoms with van der Waals surface area (Å²) in [5.41, 5.74) is 0.643. The molecule has 1 aliphatic heterocycles. The van der Waals surface area contributed by atoms with Gasteiger partial charge in [-0.15, -0.1) is 0 Å². The molecule has 130 valence electrons. The fraction of sp³-hybridized carbons (Fsp3) is 0.300. The Bertz CT molecular complexity index is 730. The highest BCUT2D eigenvalue weighted by molar-refractivity contribution is 6.30. The Labute approximate surface area is 152 Å². The van der Waals surface area contributed by atoms with Crippen molar-refractivity contribution in [1.29, 1.82) is 0 Å². The fourth-order valence-electron chi connectivity index (χ4n) is 3.02. The lowest BCUT2D eigenvalue weighted by molar-refractivity contribution is -0.134. The van der Waals surface area contributed by atoms with E-state index in [2.05, 4.69) is 0 Å². The molecule has 0 aliphatic carbocycles. The number of likely N-dealkylation sites (tertiary alicyclic amines) is 1. The normalized spacial score (nSPS) is 17.2. The number of ether oxygens (including phenoxy) is 1. The summed E-state index contributed by atoms with van der Waals surface area (Å²) in [7, 11) is 0. The third kappa shape index (κ3) is 4.60. The van der Waals surface area contributed by atoms with E-state index in [1.807, 2.05) is 30.3 Å². The highest BCUT2D eigenvalue weighted by Crippen LogP contribution is 2.22. The van der Waals surface area contributed by atoms with Crippen LogP contribution in [0, 0.1) is 5.92 Å². The fourth-order valence-corrected chi connectivity index (χ4v) is 3.15.